The molecule has 1 aromatic rings. The van der Waals surface area contributed by atoms with Crippen LogP contribution in [0, 0.1) is 5.41 Å². The fourth-order valence-corrected chi connectivity index (χ4v) is 1.75. The second kappa shape index (κ2) is 5.26. The Hall–Kier alpha value is -0.890. The van der Waals surface area contributed by atoms with Crippen LogP contribution in [-0.2, 0) is 0 Å². The van der Waals surface area contributed by atoms with Crippen molar-refractivity contribution in [1.82, 2.24) is 10.3 Å². The highest BCUT2D eigenvalue weighted by molar-refractivity contribution is 5.14. The predicted octanol–water partition coefficient (Wildman–Crippen LogP) is 3.17. The van der Waals surface area contributed by atoms with E-state index in [1.807, 2.05) is 18.5 Å². The Bertz CT molecular complexity index is 274. The molecule has 1 heterocycles. The molecule has 0 bridgehead atoms. The smallest absolute Gasteiger partial charge is 0.0340 e. The number of hydrogen-bond acceptors (Lipinski definition) is 2. The molecule has 0 aromatic carbocycles. The van der Waals surface area contributed by atoms with Crippen LogP contribution in [0.1, 0.15) is 45.7 Å². The third kappa shape index (κ3) is 4.43. The van der Waals surface area contributed by atoms with Crippen molar-refractivity contribution in [3.05, 3.63) is 30.1 Å². The summed E-state index contributed by atoms with van der Waals surface area (Å²) in [5, 5.41) is 3.52. The normalized spacial score (nSPS) is 13.9. The van der Waals surface area contributed by atoms with Crippen molar-refractivity contribution in [2.75, 3.05) is 6.54 Å². The molecular weight excluding hydrogens is 184 g/mol. The van der Waals surface area contributed by atoms with Crippen LogP contribution in [0.4, 0.5) is 0 Å². The van der Waals surface area contributed by atoms with Crippen molar-refractivity contribution in [2.24, 2.45) is 5.41 Å². The summed E-state index contributed by atoms with van der Waals surface area (Å²) >= 11 is 0. The minimum atomic E-state index is 0.336. The maximum absolute atomic E-state index is 4.18. The van der Waals surface area contributed by atoms with Crippen molar-refractivity contribution in [1.29, 1.82) is 0 Å². The molecule has 0 aliphatic rings. The van der Waals surface area contributed by atoms with Crippen molar-refractivity contribution < 1.29 is 0 Å². The van der Waals surface area contributed by atoms with Gasteiger partial charge in [0.05, 0.1) is 0 Å². The van der Waals surface area contributed by atoms with Gasteiger partial charge in [-0.25, -0.2) is 0 Å². The Morgan fingerprint density at radius 2 is 2.13 bits per heavy atom. The second-order valence-electron chi connectivity index (χ2n) is 5.16. The monoisotopic (exact) mass is 206 g/mol. The molecule has 15 heavy (non-hydrogen) atoms. The first-order valence-electron chi connectivity index (χ1n) is 5.66. The molecule has 0 spiro atoms. The average Bonchev–Trinajstić information content (AvgIpc) is 2.17. The van der Waals surface area contributed by atoms with Crippen molar-refractivity contribution in [3.8, 4) is 0 Å². The maximum Gasteiger partial charge on any atom is 0.0340 e. The summed E-state index contributed by atoms with van der Waals surface area (Å²) < 4.78 is 0. The van der Waals surface area contributed by atoms with Gasteiger partial charge in [0, 0.05) is 18.4 Å². The summed E-state index contributed by atoms with van der Waals surface area (Å²) in [6.45, 7) is 9.96. The fraction of sp³-hybridized carbons (Fsp3) is 0.615. The van der Waals surface area contributed by atoms with E-state index < -0.39 is 0 Å². The van der Waals surface area contributed by atoms with Crippen LogP contribution < -0.4 is 5.32 Å². The maximum atomic E-state index is 4.18. The lowest BCUT2D eigenvalue weighted by Crippen LogP contribution is -2.25. The molecule has 0 saturated carbocycles. The Balaban J connectivity index is 2.75. The molecule has 0 fully saturated rings. The van der Waals surface area contributed by atoms with Crippen LogP contribution in [0.3, 0.4) is 0 Å². The molecule has 0 aliphatic carbocycles. The number of hydrogen-bond donors (Lipinski definition) is 1. The minimum absolute atomic E-state index is 0.336. The van der Waals surface area contributed by atoms with Gasteiger partial charge in [0.1, 0.15) is 0 Å². The van der Waals surface area contributed by atoms with Crippen LogP contribution in [0.25, 0.3) is 0 Å². The van der Waals surface area contributed by atoms with Gasteiger partial charge < -0.3 is 5.32 Å². The van der Waals surface area contributed by atoms with Crippen LogP contribution >= 0.6 is 0 Å². The van der Waals surface area contributed by atoms with Crippen molar-refractivity contribution in [2.45, 2.75) is 40.2 Å². The van der Waals surface area contributed by atoms with Gasteiger partial charge >= 0.3 is 0 Å². The molecule has 1 N–H and O–H groups in total. The quantitative estimate of drug-likeness (QED) is 0.818. The van der Waals surface area contributed by atoms with E-state index in [0.29, 0.717) is 11.5 Å². The zero-order valence-corrected chi connectivity index (χ0v) is 10.2. The molecule has 0 amide bonds. The molecule has 0 saturated heterocycles. The Morgan fingerprint density at radius 3 is 2.60 bits per heavy atom. The molecule has 1 rings (SSSR count). The molecular formula is C13H22N2. The lowest BCUT2D eigenvalue weighted by Gasteiger charge is -2.26. The largest absolute Gasteiger partial charge is 0.310 e. The second-order valence-corrected chi connectivity index (χ2v) is 5.16. The van der Waals surface area contributed by atoms with Gasteiger partial charge in [-0.15, -0.1) is 0 Å². The van der Waals surface area contributed by atoms with E-state index in [4.69, 9.17) is 0 Å². The zero-order valence-electron chi connectivity index (χ0n) is 10.2. The Morgan fingerprint density at radius 1 is 1.40 bits per heavy atom. The topological polar surface area (TPSA) is 24.9 Å². The van der Waals surface area contributed by atoms with Gasteiger partial charge in [-0.3, -0.25) is 4.98 Å². The van der Waals surface area contributed by atoms with Crippen LogP contribution in [0.2, 0.25) is 0 Å². The molecule has 84 valence electrons. The summed E-state index contributed by atoms with van der Waals surface area (Å²) in [6, 6.07) is 4.57. The average molecular weight is 206 g/mol. The van der Waals surface area contributed by atoms with E-state index in [1.165, 1.54) is 5.56 Å². The van der Waals surface area contributed by atoms with E-state index in [9.17, 15) is 0 Å². The lowest BCUT2D eigenvalue weighted by molar-refractivity contribution is 0.314. The first-order chi connectivity index (χ1) is 7.03. The van der Waals surface area contributed by atoms with Gasteiger partial charge in [0.15, 0.2) is 0 Å². The summed E-state index contributed by atoms with van der Waals surface area (Å²) in [6.07, 6.45) is 4.91. The molecule has 1 atom stereocenters. The van der Waals surface area contributed by atoms with Gasteiger partial charge in [-0.05, 0) is 30.0 Å². The minimum Gasteiger partial charge on any atom is -0.310 e. The first-order valence-corrected chi connectivity index (χ1v) is 5.66. The number of nitrogens with zero attached hydrogens (tertiary/aromatic N) is 1. The van der Waals surface area contributed by atoms with Crippen molar-refractivity contribution in [3.63, 3.8) is 0 Å². The lowest BCUT2D eigenvalue weighted by atomic mass is 9.86. The number of rotatable bonds is 4. The molecule has 0 aliphatic heterocycles. The highest BCUT2D eigenvalue weighted by atomic mass is 14.9. The highest BCUT2D eigenvalue weighted by Gasteiger charge is 2.19. The predicted molar refractivity (Wildman–Crippen MR) is 64.7 cm³/mol. The van der Waals surface area contributed by atoms with Gasteiger partial charge in [-0.1, -0.05) is 33.8 Å². The van der Waals surface area contributed by atoms with E-state index in [0.717, 1.165) is 13.0 Å². The Kier molecular flexibility index (Phi) is 4.28. The van der Waals surface area contributed by atoms with Gasteiger partial charge in [0.2, 0.25) is 0 Å². The molecule has 1 unspecified atom stereocenters. The van der Waals surface area contributed by atoms with Gasteiger partial charge in [0.25, 0.3) is 0 Å². The fourth-order valence-electron chi connectivity index (χ4n) is 1.75. The summed E-state index contributed by atoms with van der Waals surface area (Å²) in [7, 11) is 0. The zero-order chi connectivity index (χ0) is 11.3. The number of pyridine rings is 1. The van der Waals surface area contributed by atoms with Crippen LogP contribution in [0.15, 0.2) is 24.5 Å². The third-order valence-corrected chi connectivity index (χ3v) is 2.35. The Labute approximate surface area is 93.1 Å². The third-order valence-electron chi connectivity index (χ3n) is 2.35. The van der Waals surface area contributed by atoms with E-state index in [1.54, 1.807) is 0 Å². The summed E-state index contributed by atoms with van der Waals surface area (Å²) in [5.41, 5.74) is 1.62. The van der Waals surface area contributed by atoms with Crippen LogP contribution in [0.5, 0.6) is 0 Å². The highest BCUT2D eigenvalue weighted by Crippen LogP contribution is 2.28. The van der Waals surface area contributed by atoms with E-state index in [-0.39, 0.29) is 0 Å². The van der Waals surface area contributed by atoms with Gasteiger partial charge in [-0.2, -0.15) is 0 Å². The first kappa shape index (κ1) is 12.2. The SMILES string of the molecule is CCNC(CC(C)(C)C)c1cccnc1. The van der Waals surface area contributed by atoms with E-state index in [2.05, 4.69) is 44.1 Å². The summed E-state index contributed by atoms with van der Waals surface area (Å²) in [5.74, 6) is 0. The molecule has 2 nitrogen and oxygen atoms in total. The number of nitrogens with one attached hydrogen (secondary N) is 1. The number of aromatic nitrogens is 1. The molecule has 1 aromatic heterocycles. The molecule has 0 radical (unpaired) electrons. The van der Waals surface area contributed by atoms with Crippen LogP contribution in [-0.4, -0.2) is 11.5 Å². The van der Waals surface area contributed by atoms with Crippen molar-refractivity contribution >= 4 is 0 Å². The standard InChI is InChI=1S/C13H22N2/c1-5-15-12(9-13(2,3)4)11-7-6-8-14-10-11/h6-8,10,12,15H,5,9H2,1-4H3. The summed E-state index contributed by atoms with van der Waals surface area (Å²) in [4.78, 5) is 4.18. The van der Waals surface area contributed by atoms with E-state index >= 15 is 0 Å². The molecule has 2 heteroatoms.